The van der Waals surface area contributed by atoms with Gasteiger partial charge >= 0.3 is 23.9 Å². The van der Waals surface area contributed by atoms with Gasteiger partial charge in [-0.3, -0.25) is 19.2 Å². The molecule has 0 fully saturated rings. The van der Waals surface area contributed by atoms with Crippen LogP contribution in [-0.4, -0.2) is 51.3 Å². The van der Waals surface area contributed by atoms with Crippen molar-refractivity contribution in [1.29, 1.82) is 0 Å². The third-order valence-electron chi connectivity index (χ3n) is 3.54. The van der Waals surface area contributed by atoms with Gasteiger partial charge in [0, 0.05) is 25.7 Å². The molecule has 0 unspecified atom stereocenters. The molecule has 0 bridgehead atoms. The van der Waals surface area contributed by atoms with Gasteiger partial charge in [0.25, 0.3) is 0 Å². The second-order valence-corrected chi connectivity index (χ2v) is 5.71. The van der Waals surface area contributed by atoms with Gasteiger partial charge in [0.1, 0.15) is 0 Å². The number of hydrogen-bond acceptors (Lipinski definition) is 8. The summed E-state index contributed by atoms with van der Waals surface area (Å²) in [6.07, 6.45) is 4.75. The van der Waals surface area contributed by atoms with E-state index in [2.05, 4.69) is 9.47 Å². The van der Waals surface area contributed by atoms with Gasteiger partial charge in [-0.15, -0.1) is 0 Å². The van der Waals surface area contributed by atoms with Gasteiger partial charge in [-0.25, -0.2) is 0 Å². The maximum Gasteiger partial charge on any atom is 0.305 e. The fourth-order valence-corrected chi connectivity index (χ4v) is 2.00. The molecular formula is C18H30O8. The lowest BCUT2D eigenvalue weighted by atomic mass is 10.2. The van der Waals surface area contributed by atoms with Gasteiger partial charge in [0.2, 0.25) is 0 Å². The fourth-order valence-electron chi connectivity index (χ4n) is 2.00. The highest BCUT2D eigenvalue weighted by Gasteiger charge is 2.06. The van der Waals surface area contributed by atoms with Gasteiger partial charge in [0.15, 0.2) is 0 Å². The van der Waals surface area contributed by atoms with E-state index in [1.165, 1.54) is 14.2 Å². The lowest BCUT2D eigenvalue weighted by Gasteiger charge is -2.06. The first-order valence-corrected chi connectivity index (χ1v) is 8.94. The Morgan fingerprint density at radius 1 is 0.500 bits per heavy atom. The van der Waals surface area contributed by atoms with E-state index < -0.39 is 0 Å². The zero-order chi connectivity index (χ0) is 19.6. The van der Waals surface area contributed by atoms with Crippen molar-refractivity contribution < 1.29 is 38.1 Å². The molecule has 0 aromatic rings. The molecule has 0 aliphatic carbocycles. The van der Waals surface area contributed by atoms with Crippen molar-refractivity contribution in [3.05, 3.63) is 0 Å². The lowest BCUT2D eigenvalue weighted by molar-refractivity contribution is -0.146. The van der Waals surface area contributed by atoms with Crippen LogP contribution in [0, 0.1) is 0 Å². The molecule has 0 aliphatic rings. The van der Waals surface area contributed by atoms with Crippen LogP contribution >= 0.6 is 0 Å². The van der Waals surface area contributed by atoms with Crippen LogP contribution in [0.1, 0.15) is 64.2 Å². The van der Waals surface area contributed by atoms with Gasteiger partial charge < -0.3 is 18.9 Å². The van der Waals surface area contributed by atoms with Crippen molar-refractivity contribution in [2.45, 2.75) is 64.2 Å². The second kappa shape index (κ2) is 16.4. The maximum absolute atomic E-state index is 11.5. The van der Waals surface area contributed by atoms with E-state index in [0.29, 0.717) is 51.4 Å². The van der Waals surface area contributed by atoms with Crippen LogP contribution in [0.2, 0.25) is 0 Å². The molecule has 0 amide bonds. The Kier molecular flexibility index (Phi) is 15.0. The van der Waals surface area contributed by atoms with Gasteiger partial charge in [-0.2, -0.15) is 0 Å². The molecule has 0 spiro atoms. The minimum atomic E-state index is -0.294. The second-order valence-electron chi connectivity index (χ2n) is 5.71. The van der Waals surface area contributed by atoms with Gasteiger partial charge in [-0.05, 0) is 38.5 Å². The molecule has 0 saturated carbocycles. The van der Waals surface area contributed by atoms with Crippen molar-refractivity contribution in [1.82, 2.24) is 0 Å². The molecule has 150 valence electrons. The standard InChI is InChI=1S/C18H30O8/c1-23-15(19)9-3-5-11-17(21)25-13-7-8-14-26-18(22)12-6-4-10-16(20)24-2/h3-14H2,1-2H3. The first kappa shape index (κ1) is 23.9. The van der Waals surface area contributed by atoms with E-state index in [9.17, 15) is 19.2 Å². The van der Waals surface area contributed by atoms with Crippen LogP contribution in [0.3, 0.4) is 0 Å². The van der Waals surface area contributed by atoms with E-state index in [1.807, 2.05) is 0 Å². The van der Waals surface area contributed by atoms with Gasteiger partial charge in [-0.1, -0.05) is 0 Å². The van der Waals surface area contributed by atoms with Crippen molar-refractivity contribution >= 4 is 23.9 Å². The van der Waals surface area contributed by atoms with E-state index in [-0.39, 0.29) is 49.9 Å². The molecule has 8 heteroatoms. The predicted molar refractivity (Wildman–Crippen MR) is 92.1 cm³/mol. The summed E-state index contributed by atoms with van der Waals surface area (Å²) < 4.78 is 19.1. The van der Waals surface area contributed by atoms with Crippen LogP contribution in [-0.2, 0) is 38.1 Å². The predicted octanol–water partition coefficient (Wildman–Crippen LogP) is 2.32. The molecule has 26 heavy (non-hydrogen) atoms. The third kappa shape index (κ3) is 15.4. The third-order valence-corrected chi connectivity index (χ3v) is 3.54. The van der Waals surface area contributed by atoms with Crippen LogP contribution in [0.5, 0.6) is 0 Å². The number of carbonyl (C=O) groups is 4. The largest absolute Gasteiger partial charge is 0.469 e. The quantitative estimate of drug-likeness (QED) is 0.244. The molecule has 0 rings (SSSR count). The molecule has 0 saturated heterocycles. The highest BCUT2D eigenvalue weighted by molar-refractivity contribution is 5.71. The molecule has 0 aliphatic heterocycles. The number of hydrogen-bond donors (Lipinski definition) is 0. The summed E-state index contributed by atoms with van der Waals surface area (Å²) in [6.45, 7) is 0.568. The Morgan fingerprint density at radius 3 is 1.12 bits per heavy atom. The van der Waals surface area contributed by atoms with Crippen molar-refractivity contribution in [3.8, 4) is 0 Å². The minimum Gasteiger partial charge on any atom is -0.469 e. The Labute approximate surface area is 154 Å². The Hall–Kier alpha value is -2.12. The van der Waals surface area contributed by atoms with Crippen LogP contribution in [0.25, 0.3) is 0 Å². The number of carbonyl (C=O) groups excluding carboxylic acids is 4. The smallest absolute Gasteiger partial charge is 0.305 e. The summed E-state index contributed by atoms with van der Waals surface area (Å²) in [6, 6.07) is 0. The zero-order valence-electron chi connectivity index (χ0n) is 15.8. The topological polar surface area (TPSA) is 105 Å². The number of methoxy groups -OCH3 is 2. The monoisotopic (exact) mass is 374 g/mol. The normalized spacial score (nSPS) is 10.1. The molecule has 0 N–H and O–H groups in total. The van der Waals surface area contributed by atoms with Crippen molar-refractivity contribution in [3.63, 3.8) is 0 Å². The first-order valence-electron chi connectivity index (χ1n) is 8.94. The molecule has 0 aromatic carbocycles. The van der Waals surface area contributed by atoms with E-state index in [4.69, 9.17) is 9.47 Å². The highest BCUT2D eigenvalue weighted by atomic mass is 16.5. The summed E-state index contributed by atoms with van der Waals surface area (Å²) in [5.74, 6) is -1.15. The van der Waals surface area contributed by atoms with Crippen LogP contribution in [0.15, 0.2) is 0 Å². The molecule has 8 nitrogen and oxygen atoms in total. The number of rotatable bonds is 15. The van der Waals surface area contributed by atoms with E-state index in [0.717, 1.165) is 0 Å². The number of unbranched alkanes of at least 4 members (excludes halogenated alkanes) is 3. The fraction of sp³-hybridized carbons (Fsp3) is 0.778. The summed E-state index contributed by atoms with van der Waals surface area (Å²) in [4.78, 5) is 44.7. The van der Waals surface area contributed by atoms with Crippen LogP contribution < -0.4 is 0 Å². The molecule has 0 aromatic heterocycles. The van der Waals surface area contributed by atoms with Gasteiger partial charge in [0.05, 0.1) is 27.4 Å². The molecule has 0 atom stereocenters. The average Bonchev–Trinajstić information content (AvgIpc) is 2.64. The Bertz CT molecular complexity index is 393. The lowest BCUT2D eigenvalue weighted by Crippen LogP contribution is -2.09. The SMILES string of the molecule is COC(=O)CCCCC(=O)OCCCCOC(=O)CCCCC(=O)OC. The Morgan fingerprint density at radius 2 is 0.808 bits per heavy atom. The number of ether oxygens (including phenoxy) is 4. The summed E-state index contributed by atoms with van der Waals surface area (Å²) >= 11 is 0. The van der Waals surface area contributed by atoms with Crippen LogP contribution in [0.4, 0.5) is 0 Å². The number of esters is 4. The molecular weight excluding hydrogens is 344 g/mol. The van der Waals surface area contributed by atoms with E-state index in [1.54, 1.807) is 0 Å². The highest BCUT2D eigenvalue weighted by Crippen LogP contribution is 2.05. The zero-order valence-corrected chi connectivity index (χ0v) is 15.8. The first-order chi connectivity index (χ1) is 12.5. The maximum atomic E-state index is 11.5. The van der Waals surface area contributed by atoms with E-state index >= 15 is 0 Å². The summed E-state index contributed by atoms with van der Waals surface area (Å²) in [5.41, 5.74) is 0. The molecule has 0 radical (unpaired) electrons. The summed E-state index contributed by atoms with van der Waals surface area (Å²) in [5, 5.41) is 0. The van der Waals surface area contributed by atoms with Crippen molar-refractivity contribution in [2.24, 2.45) is 0 Å². The minimum absolute atomic E-state index is 0.275. The Balaban J connectivity index is 3.41. The summed E-state index contributed by atoms with van der Waals surface area (Å²) in [7, 11) is 2.66. The van der Waals surface area contributed by atoms with Crippen molar-refractivity contribution in [2.75, 3.05) is 27.4 Å². The molecule has 0 heterocycles. The average molecular weight is 374 g/mol.